The van der Waals surface area contributed by atoms with Crippen LogP contribution in [-0.2, 0) is 0 Å². The SMILES string of the molecule is C=C1CCC(c2ccc(OC)cc2)CC1. The van der Waals surface area contributed by atoms with Gasteiger partial charge < -0.3 is 4.74 Å². The molecule has 2 rings (SSSR count). The first-order valence-electron chi connectivity index (χ1n) is 5.60. The second kappa shape index (κ2) is 4.52. The van der Waals surface area contributed by atoms with Crippen LogP contribution in [-0.4, -0.2) is 7.11 Å². The highest BCUT2D eigenvalue weighted by atomic mass is 16.5. The van der Waals surface area contributed by atoms with Crippen molar-refractivity contribution < 1.29 is 4.74 Å². The predicted molar refractivity (Wildman–Crippen MR) is 63.3 cm³/mol. The van der Waals surface area contributed by atoms with Crippen LogP contribution in [0.3, 0.4) is 0 Å². The van der Waals surface area contributed by atoms with Gasteiger partial charge in [0, 0.05) is 0 Å². The first kappa shape index (κ1) is 10.3. The molecule has 0 spiro atoms. The fourth-order valence-electron chi connectivity index (χ4n) is 2.24. The van der Waals surface area contributed by atoms with Crippen molar-refractivity contribution in [1.29, 1.82) is 0 Å². The highest BCUT2D eigenvalue weighted by Gasteiger charge is 2.16. The van der Waals surface area contributed by atoms with Gasteiger partial charge >= 0.3 is 0 Å². The van der Waals surface area contributed by atoms with E-state index in [0.29, 0.717) is 0 Å². The number of methoxy groups -OCH3 is 1. The molecule has 1 fully saturated rings. The van der Waals surface area contributed by atoms with Crippen LogP contribution in [0.25, 0.3) is 0 Å². The van der Waals surface area contributed by atoms with E-state index in [1.54, 1.807) is 7.11 Å². The van der Waals surface area contributed by atoms with Crippen LogP contribution in [0.2, 0.25) is 0 Å². The Morgan fingerprint density at radius 3 is 2.27 bits per heavy atom. The molecule has 0 amide bonds. The van der Waals surface area contributed by atoms with Gasteiger partial charge in [-0.25, -0.2) is 0 Å². The van der Waals surface area contributed by atoms with Crippen molar-refractivity contribution >= 4 is 0 Å². The van der Waals surface area contributed by atoms with Crippen LogP contribution in [0.1, 0.15) is 37.2 Å². The highest BCUT2D eigenvalue weighted by Crippen LogP contribution is 2.35. The van der Waals surface area contributed by atoms with Crippen LogP contribution in [0.15, 0.2) is 36.4 Å². The smallest absolute Gasteiger partial charge is 0.118 e. The summed E-state index contributed by atoms with van der Waals surface area (Å²) in [6.45, 7) is 4.05. The maximum Gasteiger partial charge on any atom is 0.118 e. The first-order valence-corrected chi connectivity index (χ1v) is 5.60. The Labute approximate surface area is 91.8 Å². The standard InChI is InChI=1S/C14H18O/c1-11-3-5-12(6-4-11)13-7-9-14(15-2)10-8-13/h7-10,12H,1,3-6H2,2H3. The van der Waals surface area contributed by atoms with E-state index >= 15 is 0 Å². The van der Waals surface area contributed by atoms with Crippen molar-refractivity contribution in [1.82, 2.24) is 0 Å². The molecular weight excluding hydrogens is 184 g/mol. The van der Waals surface area contributed by atoms with Crippen LogP contribution >= 0.6 is 0 Å². The van der Waals surface area contributed by atoms with Gasteiger partial charge in [0.2, 0.25) is 0 Å². The number of benzene rings is 1. The Kier molecular flexibility index (Phi) is 3.10. The van der Waals surface area contributed by atoms with E-state index in [1.807, 2.05) is 0 Å². The molecule has 0 aromatic heterocycles. The molecule has 0 N–H and O–H groups in total. The average molecular weight is 202 g/mol. The van der Waals surface area contributed by atoms with Gasteiger partial charge in [-0.3, -0.25) is 0 Å². The summed E-state index contributed by atoms with van der Waals surface area (Å²) in [7, 11) is 1.71. The lowest BCUT2D eigenvalue weighted by Crippen LogP contribution is -2.05. The average Bonchev–Trinajstić information content (AvgIpc) is 2.30. The summed E-state index contributed by atoms with van der Waals surface area (Å²) in [4.78, 5) is 0. The van der Waals surface area contributed by atoms with Gasteiger partial charge in [-0.05, 0) is 49.3 Å². The van der Waals surface area contributed by atoms with Gasteiger partial charge in [-0.15, -0.1) is 0 Å². The molecule has 0 unspecified atom stereocenters. The third kappa shape index (κ3) is 2.41. The second-order valence-electron chi connectivity index (χ2n) is 4.30. The van der Waals surface area contributed by atoms with Crippen molar-refractivity contribution in [2.75, 3.05) is 7.11 Å². The number of allylic oxidation sites excluding steroid dienone is 1. The predicted octanol–water partition coefficient (Wildman–Crippen LogP) is 3.91. The van der Waals surface area contributed by atoms with E-state index in [-0.39, 0.29) is 0 Å². The molecule has 1 heteroatoms. The molecule has 0 saturated heterocycles. The third-order valence-corrected chi connectivity index (χ3v) is 3.28. The number of ether oxygens (including phenoxy) is 1. The Balaban J connectivity index is 2.06. The van der Waals surface area contributed by atoms with E-state index in [1.165, 1.54) is 36.8 Å². The van der Waals surface area contributed by atoms with Crippen molar-refractivity contribution in [2.45, 2.75) is 31.6 Å². The van der Waals surface area contributed by atoms with Gasteiger partial charge in [-0.1, -0.05) is 24.3 Å². The van der Waals surface area contributed by atoms with Gasteiger partial charge in [0.05, 0.1) is 7.11 Å². The zero-order valence-electron chi connectivity index (χ0n) is 9.33. The van der Waals surface area contributed by atoms with Gasteiger partial charge in [0.15, 0.2) is 0 Å². The minimum Gasteiger partial charge on any atom is -0.497 e. The van der Waals surface area contributed by atoms with Gasteiger partial charge in [0.1, 0.15) is 5.75 Å². The minimum atomic E-state index is 0.724. The summed E-state index contributed by atoms with van der Waals surface area (Å²) in [6, 6.07) is 8.49. The summed E-state index contributed by atoms with van der Waals surface area (Å²) in [5, 5.41) is 0. The largest absolute Gasteiger partial charge is 0.497 e. The molecule has 1 aliphatic rings. The molecular formula is C14H18O. The molecule has 0 aliphatic heterocycles. The molecule has 1 nitrogen and oxygen atoms in total. The number of hydrogen-bond donors (Lipinski definition) is 0. The van der Waals surface area contributed by atoms with Gasteiger partial charge in [0.25, 0.3) is 0 Å². The number of hydrogen-bond acceptors (Lipinski definition) is 1. The molecule has 0 bridgehead atoms. The molecule has 1 aromatic carbocycles. The summed E-state index contributed by atoms with van der Waals surface area (Å²) in [5.41, 5.74) is 2.86. The Hall–Kier alpha value is -1.24. The fourth-order valence-corrected chi connectivity index (χ4v) is 2.24. The minimum absolute atomic E-state index is 0.724. The van der Waals surface area contributed by atoms with Crippen LogP contribution < -0.4 is 4.74 Å². The molecule has 1 saturated carbocycles. The fraction of sp³-hybridized carbons (Fsp3) is 0.429. The Bertz CT molecular complexity index is 327. The number of rotatable bonds is 2. The molecule has 0 heterocycles. The molecule has 0 radical (unpaired) electrons. The zero-order chi connectivity index (χ0) is 10.7. The van der Waals surface area contributed by atoms with Crippen molar-refractivity contribution in [2.24, 2.45) is 0 Å². The van der Waals surface area contributed by atoms with Crippen LogP contribution in [0.5, 0.6) is 5.75 Å². The lowest BCUT2D eigenvalue weighted by Gasteiger charge is -2.23. The maximum absolute atomic E-state index is 5.16. The van der Waals surface area contributed by atoms with Crippen molar-refractivity contribution in [3.63, 3.8) is 0 Å². The van der Waals surface area contributed by atoms with Crippen LogP contribution in [0, 0.1) is 0 Å². The summed E-state index contributed by atoms with van der Waals surface area (Å²) in [6.07, 6.45) is 4.89. The Morgan fingerprint density at radius 2 is 1.73 bits per heavy atom. The second-order valence-corrected chi connectivity index (χ2v) is 4.30. The third-order valence-electron chi connectivity index (χ3n) is 3.28. The summed E-state index contributed by atoms with van der Waals surface area (Å²) >= 11 is 0. The quantitative estimate of drug-likeness (QED) is 0.661. The Morgan fingerprint density at radius 1 is 1.13 bits per heavy atom. The normalized spacial score (nSPS) is 17.8. The molecule has 1 aliphatic carbocycles. The maximum atomic E-state index is 5.16. The monoisotopic (exact) mass is 202 g/mol. The van der Waals surface area contributed by atoms with Crippen LogP contribution in [0.4, 0.5) is 0 Å². The summed E-state index contributed by atoms with van der Waals surface area (Å²) in [5.74, 6) is 1.67. The van der Waals surface area contributed by atoms with E-state index in [0.717, 1.165) is 11.7 Å². The van der Waals surface area contributed by atoms with Gasteiger partial charge in [-0.2, -0.15) is 0 Å². The highest BCUT2D eigenvalue weighted by molar-refractivity contribution is 5.30. The molecule has 80 valence electrons. The lowest BCUT2D eigenvalue weighted by molar-refractivity contribution is 0.414. The molecule has 15 heavy (non-hydrogen) atoms. The van der Waals surface area contributed by atoms with Crippen molar-refractivity contribution in [3.8, 4) is 5.75 Å². The van der Waals surface area contributed by atoms with E-state index in [4.69, 9.17) is 4.74 Å². The first-order chi connectivity index (χ1) is 7.29. The lowest BCUT2D eigenvalue weighted by atomic mass is 9.82. The summed E-state index contributed by atoms with van der Waals surface area (Å²) < 4.78 is 5.16. The molecule has 1 aromatic rings. The van der Waals surface area contributed by atoms with E-state index in [9.17, 15) is 0 Å². The van der Waals surface area contributed by atoms with E-state index in [2.05, 4.69) is 30.8 Å². The zero-order valence-corrected chi connectivity index (χ0v) is 9.33. The van der Waals surface area contributed by atoms with Crippen molar-refractivity contribution in [3.05, 3.63) is 42.0 Å². The van der Waals surface area contributed by atoms with E-state index < -0.39 is 0 Å². The topological polar surface area (TPSA) is 9.23 Å². The molecule has 0 atom stereocenters.